The predicted molar refractivity (Wildman–Crippen MR) is 81.9 cm³/mol. The molecule has 0 aliphatic heterocycles. The molecule has 3 heteroatoms. The minimum absolute atomic E-state index is 0.689. The average Bonchev–Trinajstić information content (AvgIpc) is 2.79. The van der Waals surface area contributed by atoms with Crippen LogP contribution < -0.4 is 5.32 Å². The van der Waals surface area contributed by atoms with E-state index in [0.29, 0.717) is 6.04 Å². The summed E-state index contributed by atoms with van der Waals surface area (Å²) in [7, 11) is 2.01. The zero-order chi connectivity index (χ0) is 13.9. The molecule has 20 heavy (non-hydrogen) atoms. The molecule has 0 unspecified atom stereocenters. The average molecular weight is 269 g/mol. The van der Waals surface area contributed by atoms with Gasteiger partial charge in [0.2, 0.25) is 0 Å². The third-order valence-corrected chi connectivity index (χ3v) is 4.42. The van der Waals surface area contributed by atoms with E-state index in [9.17, 15) is 0 Å². The maximum absolute atomic E-state index is 4.20. The first-order valence-electron chi connectivity index (χ1n) is 7.49. The molecule has 1 fully saturated rings. The van der Waals surface area contributed by atoms with E-state index in [4.69, 9.17) is 0 Å². The van der Waals surface area contributed by atoms with Gasteiger partial charge < -0.3 is 5.32 Å². The van der Waals surface area contributed by atoms with Crippen LogP contribution in [0, 0.1) is 6.92 Å². The summed E-state index contributed by atoms with van der Waals surface area (Å²) in [6.07, 6.45) is 5.47. The molecular formula is C17H23N3. The van der Waals surface area contributed by atoms with Crippen LogP contribution >= 0.6 is 0 Å². The van der Waals surface area contributed by atoms with E-state index in [-0.39, 0.29) is 0 Å². The largest absolute Gasteiger partial charge is 0.314 e. The number of hydrogen-bond acceptors (Lipinski definition) is 2. The van der Waals surface area contributed by atoms with E-state index >= 15 is 0 Å². The molecule has 1 heterocycles. The van der Waals surface area contributed by atoms with Crippen LogP contribution in [0.2, 0.25) is 0 Å². The predicted octanol–water partition coefficient (Wildman–Crippen LogP) is 2.81. The van der Waals surface area contributed by atoms with Gasteiger partial charge in [0.1, 0.15) is 0 Å². The Morgan fingerprint density at radius 3 is 2.60 bits per heavy atom. The number of nitrogens with one attached hydrogen (secondary N) is 1. The normalized spacial score (nSPS) is 21.7. The molecule has 3 rings (SSSR count). The number of rotatable bonds is 5. The molecular weight excluding hydrogens is 246 g/mol. The molecule has 106 valence electrons. The van der Waals surface area contributed by atoms with Crippen LogP contribution in [0.1, 0.15) is 35.6 Å². The number of nitrogens with zero attached hydrogens (tertiary/aromatic N) is 2. The van der Waals surface area contributed by atoms with Gasteiger partial charge in [-0.1, -0.05) is 29.8 Å². The van der Waals surface area contributed by atoms with Crippen molar-refractivity contribution in [2.75, 3.05) is 6.54 Å². The van der Waals surface area contributed by atoms with E-state index in [1.165, 1.54) is 29.7 Å². The Bertz CT molecular complexity index is 550. The zero-order valence-electron chi connectivity index (χ0n) is 12.3. The molecule has 0 bridgehead atoms. The van der Waals surface area contributed by atoms with Gasteiger partial charge in [-0.25, -0.2) is 0 Å². The number of aryl methyl sites for hydroxylation is 2. The molecule has 0 saturated heterocycles. The standard InChI is InChI=1S/C17H23N3/c1-13-3-5-14(6-4-13)15-11-16(12-15)18-9-7-17-8-10-19-20(17)2/h3-6,8,10,15-16,18H,7,9,11-12H2,1-2H3. The van der Waals surface area contributed by atoms with Crippen LogP contribution in [-0.2, 0) is 13.5 Å². The Morgan fingerprint density at radius 2 is 1.95 bits per heavy atom. The molecule has 2 aromatic rings. The van der Waals surface area contributed by atoms with Crippen molar-refractivity contribution in [3.05, 3.63) is 53.3 Å². The first-order chi connectivity index (χ1) is 9.72. The molecule has 1 N–H and O–H groups in total. The van der Waals surface area contributed by atoms with E-state index < -0.39 is 0 Å². The van der Waals surface area contributed by atoms with Gasteiger partial charge in [-0.2, -0.15) is 5.10 Å². The van der Waals surface area contributed by atoms with Crippen LogP contribution in [0.5, 0.6) is 0 Å². The highest BCUT2D eigenvalue weighted by molar-refractivity contribution is 5.26. The molecule has 1 aromatic carbocycles. The van der Waals surface area contributed by atoms with Crippen molar-refractivity contribution in [2.45, 2.75) is 38.1 Å². The van der Waals surface area contributed by atoms with Crippen LogP contribution in [0.3, 0.4) is 0 Å². The molecule has 0 spiro atoms. The maximum atomic E-state index is 4.20. The SMILES string of the molecule is Cc1ccc(C2CC(NCCc3ccnn3C)C2)cc1. The topological polar surface area (TPSA) is 29.9 Å². The molecule has 1 aliphatic carbocycles. The van der Waals surface area contributed by atoms with Gasteiger partial charge in [0.25, 0.3) is 0 Å². The fraction of sp³-hybridized carbons (Fsp3) is 0.471. The van der Waals surface area contributed by atoms with E-state index in [1.54, 1.807) is 0 Å². The minimum Gasteiger partial charge on any atom is -0.314 e. The molecule has 0 amide bonds. The minimum atomic E-state index is 0.689. The summed E-state index contributed by atoms with van der Waals surface area (Å²) in [5, 5.41) is 7.85. The van der Waals surface area contributed by atoms with Crippen LogP contribution in [0.15, 0.2) is 36.5 Å². The van der Waals surface area contributed by atoms with Gasteiger partial charge in [-0.3, -0.25) is 4.68 Å². The lowest BCUT2D eigenvalue weighted by Crippen LogP contribution is -2.41. The van der Waals surface area contributed by atoms with Crippen LogP contribution in [0.25, 0.3) is 0 Å². The van der Waals surface area contributed by atoms with Crippen molar-refractivity contribution in [2.24, 2.45) is 7.05 Å². The Balaban J connectivity index is 1.40. The van der Waals surface area contributed by atoms with E-state index in [0.717, 1.165) is 18.9 Å². The summed E-state index contributed by atoms with van der Waals surface area (Å²) >= 11 is 0. The van der Waals surface area contributed by atoms with Crippen molar-refractivity contribution < 1.29 is 0 Å². The molecule has 1 saturated carbocycles. The Kier molecular flexibility index (Phi) is 3.88. The van der Waals surface area contributed by atoms with Gasteiger partial charge in [0.15, 0.2) is 0 Å². The summed E-state index contributed by atoms with van der Waals surface area (Å²) in [5.41, 5.74) is 4.14. The second kappa shape index (κ2) is 5.80. The summed E-state index contributed by atoms with van der Waals surface area (Å²) in [5.74, 6) is 0.754. The summed E-state index contributed by atoms with van der Waals surface area (Å²) in [6, 6.07) is 11.8. The maximum Gasteiger partial charge on any atom is 0.0492 e. The number of benzene rings is 1. The third-order valence-electron chi connectivity index (χ3n) is 4.42. The second-order valence-corrected chi connectivity index (χ2v) is 5.93. The van der Waals surface area contributed by atoms with Crippen molar-refractivity contribution >= 4 is 0 Å². The van der Waals surface area contributed by atoms with Crippen molar-refractivity contribution in [3.63, 3.8) is 0 Å². The molecule has 0 radical (unpaired) electrons. The summed E-state index contributed by atoms with van der Waals surface area (Å²) < 4.78 is 1.96. The summed E-state index contributed by atoms with van der Waals surface area (Å²) in [6.45, 7) is 3.19. The first-order valence-corrected chi connectivity index (χ1v) is 7.49. The van der Waals surface area contributed by atoms with Gasteiger partial charge >= 0.3 is 0 Å². The Morgan fingerprint density at radius 1 is 1.20 bits per heavy atom. The fourth-order valence-electron chi connectivity index (χ4n) is 2.95. The smallest absolute Gasteiger partial charge is 0.0492 e. The van der Waals surface area contributed by atoms with E-state index in [2.05, 4.69) is 47.7 Å². The van der Waals surface area contributed by atoms with Crippen molar-refractivity contribution in [1.29, 1.82) is 0 Å². The van der Waals surface area contributed by atoms with Crippen molar-refractivity contribution in [1.82, 2.24) is 15.1 Å². The lowest BCUT2D eigenvalue weighted by Gasteiger charge is -2.36. The van der Waals surface area contributed by atoms with Gasteiger partial charge in [0.05, 0.1) is 0 Å². The lowest BCUT2D eigenvalue weighted by molar-refractivity contribution is 0.292. The number of aromatic nitrogens is 2. The van der Waals surface area contributed by atoms with Crippen LogP contribution in [0.4, 0.5) is 0 Å². The quantitative estimate of drug-likeness (QED) is 0.904. The fourth-order valence-corrected chi connectivity index (χ4v) is 2.95. The number of hydrogen-bond donors (Lipinski definition) is 1. The van der Waals surface area contributed by atoms with Gasteiger partial charge in [-0.15, -0.1) is 0 Å². The monoisotopic (exact) mass is 269 g/mol. The van der Waals surface area contributed by atoms with Gasteiger partial charge in [0, 0.05) is 37.9 Å². The summed E-state index contributed by atoms with van der Waals surface area (Å²) in [4.78, 5) is 0. The highest BCUT2D eigenvalue weighted by Crippen LogP contribution is 2.36. The zero-order valence-corrected chi connectivity index (χ0v) is 12.3. The molecule has 3 nitrogen and oxygen atoms in total. The lowest BCUT2D eigenvalue weighted by atomic mass is 9.76. The third kappa shape index (κ3) is 2.93. The Labute approximate surface area is 121 Å². The molecule has 0 atom stereocenters. The van der Waals surface area contributed by atoms with Crippen molar-refractivity contribution in [3.8, 4) is 0 Å². The highest BCUT2D eigenvalue weighted by atomic mass is 15.3. The van der Waals surface area contributed by atoms with E-state index in [1.807, 2.05) is 17.9 Å². The Hall–Kier alpha value is -1.61. The molecule has 1 aromatic heterocycles. The second-order valence-electron chi connectivity index (χ2n) is 5.93. The molecule has 1 aliphatic rings. The van der Waals surface area contributed by atoms with Crippen LogP contribution in [-0.4, -0.2) is 22.4 Å². The van der Waals surface area contributed by atoms with Gasteiger partial charge in [-0.05, 0) is 37.3 Å². The highest BCUT2D eigenvalue weighted by Gasteiger charge is 2.29. The first kappa shape index (κ1) is 13.4.